The first-order valence-electron chi connectivity index (χ1n) is 6.87. The zero-order valence-corrected chi connectivity index (χ0v) is 13.8. The van der Waals surface area contributed by atoms with Gasteiger partial charge in [0.05, 0.1) is 18.0 Å². The van der Waals surface area contributed by atoms with E-state index in [0.29, 0.717) is 18.4 Å². The van der Waals surface area contributed by atoms with Crippen LogP contribution >= 0.6 is 23.4 Å². The van der Waals surface area contributed by atoms with Gasteiger partial charge < -0.3 is 9.30 Å². The van der Waals surface area contributed by atoms with E-state index < -0.39 is 0 Å². The summed E-state index contributed by atoms with van der Waals surface area (Å²) in [5, 5.41) is 0. The number of hydrogen-bond acceptors (Lipinski definition) is 3. The maximum absolute atomic E-state index is 6.06. The number of fused-ring (bicyclic) bond motifs is 1. The molecule has 0 spiro atoms. The fourth-order valence-corrected chi connectivity index (χ4v) is 3.27. The Morgan fingerprint density at radius 1 is 1.45 bits per heavy atom. The average Bonchev–Trinajstić information content (AvgIpc) is 2.79. The second-order valence-corrected chi connectivity index (χ2v) is 6.07. The van der Waals surface area contributed by atoms with Crippen molar-refractivity contribution in [1.29, 1.82) is 0 Å². The predicted octanol–water partition coefficient (Wildman–Crippen LogP) is 4.17. The van der Waals surface area contributed by atoms with Crippen molar-refractivity contribution in [3.05, 3.63) is 24.0 Å². The van der Waals surface area contributed by atoms with Gasteiger partial charge in [-0.15, -0.1) is 11.6 Å². The monoisotopic (exact) mass is 312 g/mol. The highest BCUT2D eigenvalue weighted by molar-refractivity contribution is 7.98. The van der Waals surface area contributed by atoms with E-state index in [1.807, 2.05) is 30.8 Å². The van der Waals surface area contributed by atoms with Crippen molar-refractivity contribution in [3.63, 3.8) is 0 Å². The Balaban J connectivity index is 2.44. The fourth-order valence-electron chi connectivity index (χ4n) is 2.40. The van der Waals surface area contributed by atoms with Gasteiger partial charge in [0.15, 0.2) is 0 Å². The molecule has 5 heteroatoms. The van der Waals surface area contributed by atoms with E-state index in [9.17, 15) is 0 Å². The summed E-state index contributed by atoms with van der Waals surface area (Å²) in [6.07, 6.45) is 2.14. The van der Waals surface area contributed by atoms with Crippen molar-refractivity contribution in [3.8, 4) is 5.75 Å². The molecule has 0 saturated carbocycles. The minimum Gasteiger partial charge on any atom is -0.492 e. The first-order valence-corrected chi connectivity index (χ1v) is 8.79. The molecule has 0 saturated heterocycles. The van der Waals surface area contributed by atoms with Crippen LogP contribution in [0.3, 0.4) is 0 Å². The van der Waals surface area contributed by atoms with E-state index in [-0.39, 0.29) is 0 Å². The third-order valence-electron chi connectivity index (χ3n) is 3.19. The molecule has 0 amide bonds. The van der Waals surface area contributed by atoms with Crippen LogP contribution in [0.25, 0.3) is 11.0 Å². The summed E-state index contributed by atoms with van der Waals surface area (Å²) in [5.74, 6) is 3.90. The molecular weight excluding hydrogens is 292 g/mol. The molecule has 1 aromatic heterocycles. The third-order valence-corrected chi connectivity index (χ3v) is 4.33. The number of alkyl halides is 1. The molecule has 1 heterocycles. The lowest BCUT2D eigenvalue weighted by Gasteiger charge is -2.13. The van der Waals surface area contributed by atoms with E-state index in [1.54, 1.807) is 0 Å². The number of halogens is 1. The summed E-state index contributed by atoms with van der Waals surface area (Å²) in [6, 6.07) is 6.07. The highest BCUT2D eigenvalue weighted by Crippen LogP contribution is 2.27. The highest BCUT2D eigenvalue weighted by Gasteiger charge is 2.15. The van der Waals surface area contributed by atoms with Crippen LogP contribution in [0.5, 0.6) is 5.75 Å². The Kier molecular flexibility index (Phi) is 5.61. The molecular formula is C15H21ClN2OS. The fraction of sp³-hybridized carbons (Fsp3) is 0.533. The van der Waals surface area contributed by atoms with Gasteiger partial charge >= 0.3 is 0 Å². The van der Waals surface area contributed by atoms with Crippen molar-refractivity contribution in [1.82, 2.24) is 9.55 Å². The number of ether oxygens (including phenoxy) is 1. The van der Waals surface area contributed by atoms with Gasteiger partial charge in [-0.25, -0.2) is 4.98 Å². The minimum absolute atomic E-state index is 0.423. The Labute approximate surface area is 129 Å². The maximum atomic E-state index is 6.06. The Hall–Kier alpha value is -0.870. The van der Waals surface area contributed by atoms with Gasteiger partial charge in [0.1, 0.15) is 17.1 Å². The first kappa shape index (κ1) is 15.5. The Morgan fingerprint density at radius 2 is 2.25 bits per heavy atom. The van der Waals surface area contributed by atoms with Crippen LogP contribution in [0, 0.1) is 5.92 Å². The van der Waals surface area contributed by atoms with Gasteiger partial charge in [-0.1, -0.05) is 13.0 Å². The Morgan fingerprint density at radius 3 is 2.90 bits per heavy atom. The van der Waals surface area contributed by atoms with Crippen LogP contribution in [-0.4, -0.2) is 28.2 Å². The van der Waals surface area contributed by atoms with Crippen LogP contribution in [0.4, 0.5) is 0 Å². The predicted molar refractivity (Wildman–Crippen MR) is 88.0 cm³/mol. The largest absolute Gasteiger partial charge is 0.492 e. The number of imidazole rings is 1. The molecule has 1 aromatic carbocycles. The normalized spacial score (nSPS) is 12.8. The molecule has 0 aliphatic heterocycles. The molecule has 0 N–H and O–H groups in total. The number of nitrogens with zero attached hydrogens (tertiary/aromatic N) is 2. The number of rotatable bonds is 7. The first-order chi connectivity index (χ1) is 9.71. The number of para-hydroxylation sites is 1. The van der Waals surface area contributed by atoms with E-state index in [0.717, 1.165) is 34.9 Å². The molecule has 110 valence electrons. The molecule has 3 nitrogen and oxygen atoms in total. The van der Waals surface area contributed by atoms with Gasteiger partial charge in [-0.2, -0.15) is 11.8 Å². The number of hydrogen-bond donors (Lipinski definition) is 0. The quantitative estimate of drug-likeness (QED) is 0.718. The lowest BCUT2D eigenvalue weighted by Crippen LogP contribution is -2.12. The third kappa shape index (κ3) is 3.23. The summed E-state index contributed by atoms with van der Waals surface area (Å²) in [4.78, 5) is 4.66. The summed E-state index contributed by atoms with van der Waals surface area (Å²) >= 11 is 7.93. The van der Waals surface area contributed by atoms with Gasteiger partial charge in [0, 0.05) is 6.54 Å². The Bertz CT molecular complexity index is 570. The molecule has 0 bridgehead atoms. The molecule has 2 aromatic rings. The molecule has 0 fully saturated rings. The van der Waals surface area contributed by atoms with Gasteiger partial charge in [-0.05, 0) is 37.0 Å². The van der Waals surface area contributed by atoms with Crippen molar-refractivity contribution in [2.24, 2.45) is 5.92 Å². The lowest BCUT2D eigenvalue weighted by atomic mass is 10.2. The van der Waals surface area contributed by atoms with Crippen molar-refractivity contribution in [2.45, 2.75) is 26.3 Å². The van der Waals surface area contributed by atoms with Crippen LogP contribution in [0.1, 0.15) is 19.7 Å². The number of thioether (sulfide) groups is 1. The smallest absolute Gasteiger partial charge is 0.147 e. The van der Waals surface area contributed by atoms with Crippen molar-refractivity contribution in [2.75, 3.05) is 18.6 Å². The van der Waals surface area contributed by atoms with Crippen LogP contribution in [0.2, 0.25) is 0 Å². The zero-order chi connectivity index (χ0) is 14.5. The van der Waals surface area contributed by atoms with E-state index in [1.165, 1.54) is 0 Å². The van der Waals surface area contributed by atoms with Crippen molar-refractivity contribution < 1.29 is 4.74 Å². The molecule has 2 rings (SSSR count). The van der Waals surface area contributed by atoms with Gasteiger partial charge in [0.2, 0.25) is 0 Å². The van der Waals surface area contributed by atoms with E-state index in [2.05, 4.69) is 28.8 Å². The van der Waals surface area contributed by atoms with Crippen LogP contribution < -0.4 is 4.74 Å². The second-order valence-electron chi connectivity index (χ2n) is 4.89. The summed E-state index contributed by atoms with van der Waals surface area (Å²) < 4.78 is 7.89. The zero-order valence-electron chi connectivity index (χ0n) is 12.2. The molecule has 1 atom stereocenters. The SMILES string of the molecule is CCOc1cccc2c1nc(CCl)n2CC(C)CSC. The van der Waals surface area contributed by atoms with Crippen molar-refractivity contribution >= 4 is 34.4 Å². The topological polar surface area (TPSA) is 27.1 Å². The molecule has 0 radical (unpaired) electrons. The van der Waals surface area contributed by atoms with E-state index in [4.69, 9.17) is 16.3 Å². The van der Waals surface area contributed by atoms with Gasteiger partial charge in [-0.3, -0.25) is 0 Å². The molecule has 0 aliphatic carbocycles. The van der Waals surface area contributed by atoms with Crippen LogP contribution in [-0.2, 0) is 12.4 Å². The standard InChI is InChI=1S/C15H21ClN2OS/c1-4-19-13-7-5-6-12-15(13)17-14(8-16)18(12)9-11(2)10-20-3/h5-7,11H,4,8-10H2,1-3H3. The molecule has 0 aliphatic rings. The molecule has 20 heavy (non-hydrogen) atoms. The lowest BCUT2D eigenvalue weighted by molar-refractivity contribution is 0.343. The number of aromatic nitrogens is 2. The van der Waals surface area contributed by atoms with Crippen LogP contribution in [0.15, 0.2) is 18.2 Å². The highest BCUT2D eigenvalue weighted by atomic mass is 35.5. The maximum Gasteiger partial charge on any atom is 0.147 e. The van der Waals surface area contributed by atoms with E-state index >= 15 is 0 Å². The van der Waals surface area contributed by atoms with Gasteiger partial charge in [0.25, 0.3) is 0 Å². The average molecular weight is 313 g/mol. The minimum atomic E-state index is 0.423. The summed E-state index contributed by atoms with van der Waals surface area (Å²) in [7, 11) is 0. The summed E-state index contributed by atoms with van der Waals surface area (Å²) in [5.41, 5.74) is 2.03. The second kappa shape index (κ2) is 7.23. The molecule has 1 unspecified atom stereocenters. The number of benzene rings is 1. The summed E-state index contributed by atoms with van der Waals surface area (Å²) in [6.45, 7) is 5.83.